The SMILES string of the molecule is COc1ccc(CSCC(=O)N(Cc2cccc(Cl)c2)[C@@H](Cc2ccccc2)C(=O)NC2CCCCC2)cc1. The predicted octanol–water partition coefficient (Wildman–Crippen LogP) is 6.67. The van der Waals surface area contributed by atoms with Crippen molar-refractivity contribution in [3.05, 3.63) is 101 Å². The number of hydrogen-bond donors (Lipinski definition) is 1. The molecular formula is C32H37ClN2O3S. The molecule has 0 spiro atoms. The molecule has 7 heteroatoms. The number of rotatable bonds is 12. The first-order valence-electron chi connectivity index (χ1n) is 13.6. The maximum atomic E-state index is 13.8. The van der Waals surface area contributed by atoms with Crippen molar-refractivity contribution in [3.8, 4) is 5.75 Å². The van der Waals surface area contributed by atoms with Crippen molar-refractivity contribution in [2.75, 3.05) is 12.9 Å². The first-order valence-corrected chi connectivity index (χ1v) is 15.1. The summed E-state index contributed by atoms with van der Waals surface area (Å²) in [6.07, 6.45) is 5.90. The van der Waals surface area contributed by atoms with Crippen LogP contribution < -0.4 is 10.1 Å². The highest BCUT2D eigenvalue weighted by Gasteiger charge is 2.31. The van der Waals surface area contributed by atoms with Gasteiger partial charge in [0.15, 0.2) is 0 Å². The zero-order chi connectivity index (χ0) is 27.5. The molecule has 0 aromatic heterocycles. The van der Waals surface area contributed by atoms with E-state index in [-0.39, 0.29) is 23.6 Å². The van der Waals surface area contributed by atoms with Gasteiger partial charge in [-0.3, -0.25) is 9.59 Å². The molecule has 0 radical (unpaired) electrons. The summed E-state index contributed by atoms with van der Waals surface area (Å²) < 4.78 is 5.25. The number of amides is 2. The van der Waals surface area contributed by atoms with Crippen molar-refractivity contribution in [1.29, 1.82) is 0 Å². The zero-order valence-corrected chi connectivity index (χ0v) is 24.1. The van der Waals surface area contributed by atoms with Crippen LogP contribution in [0.5, 0.6) is 5.75 Å². The number of thioether (sulfide) groups is 1. The minimum absolute atomic E-state index is 0.0618. The van der Waals surface area contributed by atoms with E-state index in [0.29, 0.717) is 23.7 Å². The smallest absolute Gasteiger partial charge is 0.243 e. The van der Waals surface area contributed by atoms with E-state index >= 15 is 0 Å². The van der Waals surface area contributed by atoms with Gasteiger partial charge in [0.25, 0.3) is 0 Å². The molecule has 0 bridgehead atoms. The normalized spacial score (nSPS) is 14.4. The second-order valence-electron chi connectivity index (χ2n) is 10.0. The van der Waals surface area contributed by atoms with E-state index < -0.39 is 6.04 Å². The third-order valence-corrected chi connectivity index (χ3v) is 8.34. The fraction of sp³-hybridized carbons (Fsp3) is 0.375. The van der Waals surface area contributed by atoms with E-state index in [1.165, 1.54) is 6.42 Å². The Morgan fingerprint density at radius 3 is 2.36 bits per heavy atom. The Labute approximate surface area is 241 Å². The first-order chi connectivity index (χ1) is 19.0. The maximum absolute atomic E-state index is 13.8. The van der Waals surface area contributed by atoms with Crippen molar-refractivity contribution < 1.29 is 14.3 Å². The summed E-state index contributed by atoms with van der Waals surface area (Å²) in [5.74, 6) is 1.63. The first kappa shape index (κ1) is 29.0. The van der Waals surface area contributed by atoms with Crippen LogP contribution in [0.15, 0.2) is 78.9 Å². The lowest BCUT2D eigenvalue weighted by Gasteiger charge is -2.33. The number of ether oxygens (including phenoxy) is 1. The quantitative estimate of drug-likeness (QED) is 0.267. The second kappa shape index (κ2) is 15.0. The van der Waals surface area contributed by atoms with E-state index in [0.717, 1.165) is 48.1 Å². The van der Waals surface area contributed by atoms with Crippen molar-refractivity contribution in [2.45, 2.75) is 62.9 Å². The van der Waals surface area contributed by atoms with E-state index in [1.807, 2.05) is 78.9 Å². The molecule has 3 aromatic carbocycles. The van der Waals surface area contributed by atoms with Crippen LogP contribution in [0.2, 0.25) is 5.02 Å². The van der Waals surface area contributed by atoms with Gasteiger partial charge in [0.2, 0.25) is 11.8 Å². The van der Waals surface area contributed by atoms with Gasteiger partial charge in [0.05, 0.1) is 12.9 Å². The minimum atomic E-state index is -0.623. The monoisotopic (exact) mass is 564 g/mol. The highest BCUT2D eigenvalue weighted by Crippen LogP contribution is 2.22. The summed E-state index contributed by atoms with van der Waals surface area (Å²) in [6.45, 7) is 0.318. The topological polar surface area (TPSA) is 58.6 Å². The second-order valence-corrected chi connectivity index (χ2v) is 11.5. The van der Waals surface area contributed by atoms with Crippen LogP contribution >= 0.6 is 23.4 Å². The molecule has 1 aliphatic carbocycles. The molecule has 0 saturated heterocycles. The molecule has 1 saturated carbocycles. The Kier molecular flexibility index (Phi) is 11.2. The average Bonchev–Trinajstić information content (AvgIpc) is 2.96. The van der Waals surface area contributed by atoms with Crippen LogP contribution in [0.3, 0.4) is 0 Å². The highest BCUT2D eigenvalue weighted by molar-refractivity contribution is 7.99. The molecule has 0 aliphatic heterocycles. The lowest BCUT2D eigenvalue weighted by atomic mass is 9.94. The lowest BCUT2D eigenvalue weighted by molar-refractivity contribution is -0.139. The molecule has 1 fully saturated rings. The Morgan fingerprint density at radius 2 is 1.67 bits per heavy atom. The standard InChI is InChI=1S/C32H37ClN2O3S/c1-38-29-17-15-25(16-18-29)22-39-23-31(36)35(21-26-11-8-12-27(33)19-26)30(20-24-9-4-2-5-10-24)32(37)34-28-13-6-3-7-14-28/h2,4-5,8-12,15-19,28,30H,3,6-7,13-14,20-23H2,1H3,(H,34,37)/t30-/m0/s1. The van der Waals surface area contributed by atoms with Gasteiger partial charge in [-0.2, -0.15) is 0 Å². The summed E-state index contributed by atoms with van der Waals surface area (Å²) >= 11 is 7.84. The van der Waals surface area contributed by atoms with Crippen LogP contribution in [-0.4, -0.2) is 41.7 Å². The maximum Gasteiger partial charge on any atom is 0.243 e. The van der Waals surface area contributed by atoms with Crippen molar-refractivity contribution in [1.82, 2.24) is 10.2 Å². The van der Waals surface area contributed by atoms with E-state index in [1.54, 1.807) is 23.8 Å². The molecule has 1 N–H and O–H groups in total. The number of benzene rings is 3. The van der Waals surface area contributed by atoms with Gasteiger partial charge in [-0.1, -0.05) is 85.5 Å². The Bertz CT molecular complexity index is 1200. The van der Waals surface area contributed by atoms with Gasteiger partial charge in [0.1, 0.15) is 11.8 Å². The van der Waals surface area contributed by atoms with Crippen molar-refractivity contribution in [2.24, 2.45) is 0 Å². The summed E-state index contributed by atoms with van der Waals surface area (Å²) in [7, 11) is 1.65. The zero-order valence-electron chi connectivity index (χ0n) is 22.5. The molecule has 39 heavy (non-hydrogen) atoms. The molecule has 3 aromatic rings. The van der Waals surface area contributed by atoms with Gasteiger partial charge in [0, 0.05) is 29.8 Å². The van der Waals surface area contributed by atoms with Gasteiger partial charge in [-0.05, 0) is 53.8 Å². The summed E-state index contributed by atoms with van der Waals surface area (Å²) in [4.78, 5) is 29.4. The number of nitrogens with one attached hydrogen (secondary N) is 1. The van der Waals surface area contributed by atoms with Crippen LogP contribution in [0, 0.1) is 0 Å². The average molecular weight is 565 g/mol. The third-order valence-electron chi connectivity index (χ3n) is 7.12. The van der Waals surface area contributed by atoms with Crippen LogP contribution in [0.1, 0.15) is 48.8 Å². The molecule has 0 unspecified atom stereocenters. The molecule has 1 atom stereocenters. The van der Waals surface area contributed by atoms with Gasteiger partial charge < -0.3 is 15.0 Å². The fourth-order valence-electron chi connectivity index (χ4n) is 4.99. The van der Waals surface area contributed by atoms with Crippen molar-refractivity contribution in [3.63, 3.8) is 0 Å². The highest BCUT2D eigenvalue weighted by atomic mass is 35.5. The number of hydrogen-bond acceptors (Lipinski definition) is 4. The Hall–Kier alpha value is -2.96. The minimum Gasteiger partial charge on any atom is -0.497 e. The number of methoxy groups -OCH3 is 1. The van der Waals surface area contributed by atoms with Crippen molar-refractivity contribution >= 4 is 35.2 Å². The number of carbonyl (C=O) groups excluding carboxylic acids is 2. The lowest BCUT2D eigenvalue weighted by Crippen LogP contribution is -2.53. The Morgan fingerprint density at radius 1 is 0.949 bits per heavy atom. The van der Waals surface area contributed by atoms with Crippen LogP contribution in [-0.2, 0) is 28.3 Å². The summed E-state index contributed by atoms with van der Waals surface area (Å²) in [6, 6.07) is 24.9. The molecular weight excluding hydrogens is 528 g/mol. The molecule has 2 amide bonds. The molecule has 4 rings (SSSR count). The predicted molar refractivity (Wildman–Crippen MR) is 160 cm³/mol. The van der Waals surface area contributed by atoms with E-state index in [4.69, 9.17) is 16.3 Å². The van der Waals surface area contributed by atoms with Crippen LogP contribution in [0.25, 0.3) is 0 Å². The fourth-order valence-corrected chi connectivity index (χ4v) is 6.07. The molecule has 1 aliphatic rings. The Balaban J connectivity index is 1.55. The summed E-state index contributed by atoms with van der Waals surface area (Å²) in [5.41, 5.74) is 3.04. The largest absolute Gasteiger partial charge is 0.497 e. The van der Waals surface area contributed by atoms with Crippen LogP contribution in [0.4, 0.5) is 0 Å². The third kappa shape index (κ3) is 9.04. The molecule has 0 heterocycles. The summed E-state index contributed by atoms with van der Waals surface area (Å²) in [5, 5.41) is 3.90. The molecule has 206 valence electrons. The van der Waals surface area contributed by atoms with Gasteiger partial charge in [-0.25, -0.2) is 0 Å². The number of halogens is 1. The van der Waals surface area contributed by atoms with Gasteiger partial charge in [-0.15, -0.1) is 11.8 Å². The number of nitrogens with zero attached hydrogens (tertiary/aromatic N) is 1. The molecule has 5 nitrogen and oxygen atoms in total. The number of carbonyl (C=O) groups is 2. The van der Waals surface area contributed by atoms with E-state index in [9.17, 15) is 9.59 Å². The van der Waals surface area contributed by atoms with Gasteiger partial charge >= 0.3 is 0 Å². The van der Waals surface area contributed by atoms with E-state index in [2.05, 4.69) is 5.32 Å².